The van der Waals surface area contributed by atoms with Gasteiger partial charge in [-0.1, -0.05) is 6.92 Å². The molecule has 0 amide bonds. The second kappa shape index (κ2) is 6.09. The Bertz CT molecular complexity index is 492. The van der Waals surface area contributed by atoms with Gasteiger partial charge in [-0.05, 0) is 32.5 Å². The van der Waals surface area contributed by atoms with Crippen LogP contribution in [0.1, 0.15) is 19.8 Å². The number of anilines is 2. The third kappa shape index (κ3) is 3.19. The smallest absolute Gasteiger partial charge is 0.273 e. The van der Waals surface area contributed by atoms with Gasteiger partial charge in [0.2, 0.25) is 0 Å². The summed E-state index contributed by atoms with van der Waals surface area (Å²) in [6.45, 7) is 5.08. The average Bonchev–Trinajstić information content (AvgIpc) is 2.59. The molecule has 1 atom stereocenters. The molecule has 1 unspecified atom stereocenters. The molecule has 1 aromatic carbocycles. The van der Waals surface area contributed by atoms with Crippen molar-refractivity contribution in [3.8, 4) is 0 Å². The topological polar surface area (TPSA) is 75.6 Å². The molecule has 2 N–H and O–H groups in total. The Kier molecular flexibility index (Phi) is 4.44. The first-order chi connectivity index (χ1) is 9.51. The van der Waals surface area contributed by atoms with Crippen LogP contribution in [-0.2, 0) is 0 Å². The Morgan fingerprint density at radius 1 is 1.40 bits per heavy atom. The number of non-ortho nitro benzene ring substituents is 1. The molecule has 6 nitrogen and oxygen atoms in total. The summed E-state index contributed by atoms with van der Waals surface area (Å²) in [4.78, 5) is 15.2. The van der Waals surface area contributed by atoms with Crippen LogP contribution in [0.4, 0.5) is 17.1 Å². The molecule has 0 radical (unpaired) electrons. The minimum atomic E-state index is -0.384. The molecular weight excluding hydrogens is 256 g/mol. The number of nitrogen functional groups attached to an aromatic ring is 1. The van der Waals surface area contributed by atoms with E-state index in [1.807, 2.05) is 6.07 Å². The van der Waals surface area contributed by atoms with Crippen LogP contribution in [0.2, 0.25) is 0 Å². The first-order valence-electron chi connectivity index (χ1n) is 7.01. The highest BCUT2D eigenvalue weighted by molar-refractivity contribution is 5.63. The van der Waals surface area contributed by atoms with Gasteiger partial charge in [0.1, 0.15) is 0 Å². The van der Waals surface area contributed by atoms with E-state index >= 15 is 0 Å². The van der Waals surface area contributed by atoms with Crippen molar-refractivity contribution in [1.29, 1.82) is 0 Å². The Morgan fingerprint density at radius 2 is 2.15 bits per heavy atom. The number of nitro benzene ring substituents is 1. The SMILES string of the molecule is CCC1CN(C)CCCN1c1cc(N)cc([N+](=O)[O-])c1. The maximum Gasteiger partial charge on any atom is 0.273 e. The molecule has 20 heavy (non-hydrogen) atoms. The highest BCUT2D eigenvalue weighted by atomic mass is 16.6. The van der Waals surface area contributed by atoms with Crippen molar-refractivity contribution >= 4 is 17.1 Å². The third-order valence-corrected chi connectivity index (χ3v) is 3.84. The van der Waals surface area contributed by atoms with Gasteiger partial charge in [-0.25, -0.2) is 0 Å². The molecule has 0 aromatic heterocycles. The van der Waals surface area contributed by atoms with Gasteiger partial charge in [0, 0.05) is 42.6 Å². The summed E-state index contributed by atoms with van der Waals surface area (Å²) in [6.07, 6.45) is 2.06. The molecule has 1 heterocycles. The zero-order chi connectivity index (χ0) is 14.7. The largest absolute Gasteiger partial charge is 0.398 e. The predicted molar refractivity (Wildman–Crippen MR) is 81.0 cm³/mol. The predicted octanol–water partition coefficient (Wildman–Crippen LogP) is 2.10. The Labute approximate surface area is 119 Å². The van der Waals surface area contributed by atoms with E-state index in [-0.39, 0.29) is 10.6 Å². The molecule has 0 aliphatic carbocycles. The number of nitro groups is 1. The summed E-state index contributed by atoms with van der Waals surface area (Å²) >= 11 is 0. The molecule has 6 heteroatoms. The summed E-state index contributed by atoms with van der Waals surface area (Å²) in [5, 5.41) is 11.0. The van der Waals surface area contributed by atoms with Gasteiger partial charge in [0.15, 0.2) is 0 Å². The minimum Gasteiger partial charge on any atom is -0.398 e. The summed E-state index contributed by atoms with van der Waals surface area (Å²) in [6, 6.07) is 5.24. The lowest BCUT2D eigenvalue weighted by Crippen LogP contribution is -2.39. The summed E-state index contributed by atoms with van der Waals surface area (Å²) < 4.78 is 0. The number of nitrogens with zero attached hydrogens (tertiary/aromatic N) is 3. The maximum atomic E-state index is 11.0. The van der Waals surface area contributed by atoms with E-state index in [9.17, 15) is 10.1 Å². The number of nitrogens with two attached hydrogens (primary N) is 1. The van der Waals surface area contributed by atoms with Crippen molar-refractivity contribution in [2.24, 2.45) is 0 Å². The van der Waals surface area contributed by atoms with Crippen molar-refractivity contribution in [3.05, 3.63) is 28.3 Å². The van der Waals surface area contributed by atoms with Crippen molar-refractivity contribution in [1.82, 2.24) is 4.90 Å². The van der Waals surface area contributed by atoms with E-state index in [0.717, 1.165) is 38.2 Å². The summed E-state index contributed by atoms with van der Waals surface area (Å²) in [5.74, 6) is 0. The molecule has 1 aromatic rings. The monoisotopic (exact) mass is 278 g/mol. The van der Waals surface area contributed by atoms with Crippen LogP contribution in [0.3, 0.4) is 0 Å². The maximum absolute atomic E-state index is 11.0. The van der Waals surface area contributed by atoms with Crippen LogP contribution >= 0.6 is 0 Å². The molecule has 2 rings (SSSR count). The summed E-state index contributed by atoms with van der Waals surface area (Å²) in [7, 11) is 2.12. The zero-order valence-electron chi connectivity index (χ0n) is 12.1. The van der Waals surface area contributed by atoms with E-state index in [4.69, 9.17) is 5.73 Å². The molecule has 0 bridgehead atoms. The van der Waals surface area contributed by atoms with E-state index in [1.54, 1.807) is 6.07 Å². The molecule has 0 spiro atoms. The number of hydrogen-bond donors (Lipinski definition) is 1. The Balaban J connectivity index is 2.34. The van der Waals surface area contributed by atoms with Crippen LogP contribution in [0.15, 0.2) is 18.2 Å². The lowest BCUT2D eigenvalue weighted by molar-refractivity contribution is -0.384. The Morgan fingerprint density at radius 3 is 2.80 bits per heavy atom. The third-order valence-electron chi connectivity index (χ3n) is 3.84. The zero-order valence-corrected chi connectivity index (χ0v) is 12.1. The minimum absolute atomic E-state index is 0.0625. The highest BCUT2D eigenvalue weighted by Crippen LogP contribution is 2.28. The van der Waals surface area contributed by atoms with Crippen LogP contribution in [-0.4, -0.2) is 42.5 Å². The van der Waals surface area contributed by atoms with Crippen LogP contribution in [0, 0.1) is 10.1 Å². The molecule has 110 valence electrons. The lowest BCUT2D eigenvalue weighted by Gasteiger charge is -2.32. The van der Waals surface area contributed by atoms with E-state index in [1.165, 1.54) is 6.07 Å². The average molecular weight is 278 g/mol. The molecule has 1 aliphatic rings. The van der Waals surface area contributed by atoms with Crippen molar-refractivity contribution in [2.75, 3.05) is 37.3 Å². The fourth-order valence-electron chi connectivity index (χ4n) is 2.82. The van der Waals surface area contributed by atoms with Gasteiger partial charge >= 0.3 is 0 Å². The standard InChI is InChI=1S/C14H22N4O2/c1-3-12-10-16(2)5-4-6-17(12)13-7-11(15)8-14(9-13)18(19)20/h7-9,12H,3-6,10,15H2,1-2H3. The van der Waals surface area contributed by atoms with E-state index in [2.05, 4.69) is 23.8 Å². The quantitative estimate of drug-likeness (QED) is 0.520. The molecule has 1 aliphatic heterocycles. The van der Waals surface area contributed by atoms with Gasteiger partial charge in [0.25, 0.3) is 5.69 Å². The fourth-order valence-corrected chi connectivity index (χ4v) is 2.82. The first kappa shape index (κ1) is 14.6. The van der Waals surface area contributed by atoms with Crippen molar-refractivity contribution < 1.29 is 4.92 Å². The number of benzene rings is 1. The van der Waals surface area contributed by atoms with Gasteiger partial charge in [0.05, 0.1) is 4.92 Å². The van der Waals surface area contributed by atoms with Crippen molar-refractivity contribution in [2.45, 2.75) is 25.8 Å². The fraction of sp³-hybridized carbons (Fsp3) is 0.571. The Hall–Kier alpha value is -1.82. The second-order valence-electron chi connectivity index (χ2n) is 5.41. The molecule has 0 saturated carbocycles. The van der Waals surface area contributed by atoms with E-state index in [0.29, 0.717) is 11.7 Å². The van der Waals surface area contributed by atoms with Gasteiger partial charge in [-0.15, -0.1) is 0 Å². The van der Waals surface area contributed by atoms with Crippen LogP contribution in [0.25, 0.3) is 0 Å². The first-order valence-corrected chi connectivity index (χ1v) is 7.01. The normalized spacial score (nSPS) is 20.7. The van der Waals surface area contributed by atoms with Crippen LogP contribution < -0.4 is 10.6 Å². The van der Waals surface area contributed by atoms with Gasteiger partial charge < -0.3 is 15.5 Å². The second-order valence-corrected chi connectivity index (χ2v) is 5.41. The summed E-state index contributed by atoms with van der Waals surface area (Å²) in [5.41, 5.74) is 7.18. The molecular formula is C14H22N4O2. The highest BCUT2D eigenvalue weighted by Gasteiger charge is 2.23. The molecule has 1 saturated heterocycles. The van der Waals surface area contributed by atoms with Crippen LogP contribution in [0.5, 0.6) is 0 Å². The van der Waals surface area contributed by atoms with E-state index < -0.39 is 0 Å². The van der Waals surface area contributed by atoms with Crippen molar-refractivity contribution in [3.63, 3.8) is 0 Å². The number of rotatable bonds is 3. The number of likely N-dealkylation sites (N-methyl/N-ethyl adjacent to an activating group) is 1. The lowest BCUT2D eigenvalue weighted by atomic mass is 10.1. The molecule has 1 fully saturated rings. The number of hydrogen-bond acceptors (Lipinski definition) is 5. The van der Waals surface area contributed by atoms with Gasteiger partial charge in [-0.2, -0.15) is 0 Å². The van der Waals surface area contributed by atoms with Gasteiger partial charge in [-0.3, -0.25) is 10.1 Å².